The minimum absolute atomic E-state index is 0.0660. The lowest BCUT2D eigenvalue weighted by atomic mass is 10.2. The summed E-state index contributed by atoms with van der Waals surface area (Å²) in [5.74, 6) is 1.78. The van der Waals surface area contributed by atoms with Crippen LogP contribution in [-0.2, 0) is 4.79 Å². The maximum Gasteiger partial charge on any atom is 0.231 e. The van der Waals surface area contributed by atoms with Crippen molar-refractivity contribution in [1.82, 2.24) is 25.1 Å². The van der Waals surface area contributed by atoms with E-state index in [1.54, 1.807) is 12.4 Å². The molecule has 5 rings (SSSR count). The number of nitrogens with one attached hydrogen (secondary N) is 1. The standard InChI is InChI=1S/C22H21N5O2S/c1-14(19-12-16-4-2-3-5-18(16)29-19)24-20(28)13-30-22-26-25-21(27(22)17-6-7-17)15-8-10-23-11-9-15/h2-5,8-12,14,17H,6-7,13H2,1H3,(H,24,28)/t14-/m1/s1. The Hall–Kier alpha value is -3.13. The lowest BCUT2D eigenvalue weighted by Gasteiger charge is -2.12. The first-order chi connectivity index (χ1) is 14.7. The summed E-state index contributed by atoms with van der Waals surface area (Å²) in [4.78, 5) is 16.6. The van der Waals surface area contributed by atoms with E-state index in [2.05, 4.69) is 25.1 Å². The monoisotopic (exact) mass is 419 g/mol. The van der Waals surface area contributed by atoms with Crippen molar-refractivity contribution in [3.8, 4) is 11.4 Å². The van der Waals surface area contributed by atoms with Crippen LogP contribution in [0.2, 0.25) is 0 Å². The molecule has 1 aromatic carbocycles. The number of fused-ring (bicyclic) bond motifs is 1. The quantitative estimate of drug-likeness (QED) is 0.447. The number of furan rings is 1. The van der Waals surface area contributed by atoms with Gasteiger partial charge in [-0.1, -0.05) is 30.0 Å². The van der Waals surface area contributed by atoms with Gasteiger partial charge in [0.2, 0.25) is 5.91 Å². The lowest BCUT2D eigenvalue weighted by Crippen LogP contribution is -2.28. The molecule has 0 unspecified atom stereocenters. The molecule has 1 amide bonds. The number of carbonyl (C=O) groups excluding carboxylic acids is 1. The van der Waals surface area contributed by atoms with Crippen LogP contribution in [0.15, 0.2) is 64.4 Å². The molecule has 0 saturated heterocycles. The highest BCUT2D eigenvalue weighted by molar-refractivity contribution is 7.99. The third kappa shape index (κ3) is 3.82. The molecule has 3 aromatic heterocycles. The molecule has 1 aliphatic rings. The Morgan fingerprint density at radius 3 is 2.80 bits per heavy atom. The first-order valence-electron chi connectivity index (χ1n) is 9.95. The Balaban J connectivity index is 1.26. The highest BCUT2D eigenvalue weighted by Gasteiger charge is 2.30. The lowest BCUT2D eigenvalue weighted by molar-refractivity contribution is -0.119. The molecule has 0 bridgehead atoms. The fraction of sp³-hybridized carbons (Fsp3) is 0.273. The Kier molecular flexibility index (Phi) is 5.00. The van der Waals surface area contributed by atoms with Crippen molar-refractivity contribution in [3.05, 3.63) is 60.6 Å². The molecule has 1 saturated carbocycles. The molecule has 4 aromatic rings. The van der Waals surface area contributed by atoms with Crippen LogP contribution in [0.5, 0.6) is 0 Å². The number of amides is 1. The van der Waals surface area contributed by atoms with Crippen LogP contribution in [-0.4, -0.2) is 31.4 Å². The fourth-order valence-corrected chi connectivity index (χ4v) is 4.25. The van der Waals surface area contributed by atoms with Gasteiger partial charge in [0, 0.05) is 29.4 Å². The van der Waals surface area contributed by atoms with Crippen molar-refractivity contribution in [3.63, 3.8) is 0 Å². The van der Waals surface area contributed by atoms with Crippen LogP contribution < -0.4 is 5.32 Å². The van der Waals surface area contributed by atoms with Crippen LogP contribution in [0.1, 0.15) is 37.6 Å². The molecule has 8 heteroatoms. The fourth-order valence-electron chi connectivity index (χ4n) is 3.44. The molecule has 1 atom stereocenters. The maximum atomic E-state index is 12.5. The minimum atomic E-state index is -0.209. The molecule has 0 aliphatic heterocycles. The number of benzene rings is 1. The summed E-state index contributed by atoms with van der Waals surface area (Å²) in [7, 11) is 0. The van der Waals surface area contributed by atoms with E-state index in [9.17, 15) is 4.79 Å². The largest absolute Gasteiger partial charge is 0.459 e. The summed E-state index contributed by atoms with van der Waals surface area (Å²) < 4.78 is 8.00. The summed E-state index contributed by atoms with van der Waals surface area (Å²) in [6, 6.07) is 13.9. The number of nitrogens with zero attached hydrogens (tertiary/aromatic N) is 4. The average molecular weight is 420 g/mol. The van der Waals surface area contributed by atoms with E-state index in [4.69, 9.17) is 4.42 Å². The van der Waals surface area contributed by atoms with E-state index in [1.807, 2.05) is 49.4 Å². The number of pyridine rings is 1. The van der Waals surface area contributed by atoms with Gasteiger partial charge in [-0.2, -0.15) is 0 Å². The topological polar surface area (TPSA) is 85.8 Å². The summed E-state index contributed by atoms with van der Waals surface area (Å²) in [6.07, 6.45) is 5.72. The van der Waals surface area contributed by atoms with Crippen molar-refractivity contribution in [2.75, 3.05) is 5.75 Å². The molecule has 30 heavy (non-hydrogen) atoms. The van der Waals surface area contributed by atoms with E-state index in [0.29, 0.717) is 6.04 Å². The van der Waals surface area contributed by atoms with Crippen molar-refractivity contribution in [1.29, 1.82) is 0 Å². The second kappa shape index (κ2) is 7.95. The van der Waals surface area contributed by atoms with Crippen LogP contribution in [0.3, 0.4) is 0 Å². The van der Waals surface area contributed by atoms with Gasteiger partial charge in [-0.3, -0.25) is 14.3 Å². The number of hydrogen-bond donors (Lipinski definition) is 1. The van der Waals surface area contributed by atoms with Gasteiger partial charge < -0.3 is 9.73 Å². The molecule has 152 valence electrons. The SMILES string of the molecule is C[C@@H](NC(=O)CSc1nnc(-c2ccncc2)n1C1CC1)c1cc2ccccc2o1. The zero-order valence-corrected chi connectivity index (χ0v) is 17.3. The van der Waals surface area contributed by atoms with Crippen molar-refractivity contribution >= 4 is 28.6 Å². The van der Waals surface area contributed by atoms with Gasteiger partial charge in [0.05, 0.1) is 11.8 Å². The molecule has 0 spiro atoms. The van der Waals surface area contributed by atoms with E-state index < -0.39 is 0 Å². The number of rotatable bonds is 7. The van der Waals surface area contributed by atoms with E-state index in [-0.39, 0.29) is 17.7 Å². The number of thioether (sulfide) groups is 1. The molecular formula is C22H21N5O2S. The number of aromatic nitrogens is 4. The molecule has 7 nitrogen and oxygen atoms in total. The first kappa shape index (κ1) is 18.9. The minimum Gasteiger partial charge on any atom is -0.459 e. The number of carbonyl (C=O) groups is 1. The summed E-state index contributed by atoms with van der Waals surface area (Å²) in [6.45, 7) is 1.93. The molecular weight excluding hydrogens is 398 g/mol. The number of para-hydroxylation sites is 1. The predicted octanol–water partition coefficient (Wildman–Crippen LogP) is 4.39. The smallest absolute Gasteiger partial charge is 0.231 e. The Bertz CT molecular complexity index is 1150. The van der Waals surface area contributed by atoms with Crippen LogP contribution in [0.25, 0.3) is 22.4 Å². The maximum absolute atomic E-state index is 12.5. The zero-order chi connectivity index (χ0) is 20.5. The Morgan fingerprint density at radius 1 is 1.23 bits per heavy atom. The van der Waals surface area contributed by atoms with Crippen molar-refractivity contribution in [2.45, 2.75) is 37.0 Å². The highest BCUT2D eigenvalue weighted by atomic mass is 32.2. The van der Waals surface area contributed by atoms with Gasteiger partial charge in [0.15, 0.2) is 11.0 Å². The van der Waals surface area contributed by atoms with E-state index in [1.165, 1.54) is 11.8 Å². The van der Waals surface area contributed by atoms with Gasteiger partial charge >= 0.3 is 0 Å². The summed E-state index contributed by atoms with van der Waals surface area (Å²) in [5.41, 5.74) is 1.81. The average Bonchev–Trinajstić information content (AvgIpc) is 3.36. The predicted molar refractivity (Wildman–Crippen MR) is 115 cm³/mol. The number of hydrogen-bond acceptors (Lipinski definition) is 6. The summed E-state index contributed by atoms with van der Waals surface area (Å²) in [5, 5.41) is 13.5. The van der Waals surface area contributed by atoms with Gasteiger partial charge in [-0.05, 0) is 44.0 Å². The molecule has 1 N–H and O–H groups in total. The first-order valence-corrected chi connectivity index (χ1v) is 10.9. The van der Waals surface area contributed by atoms with Gasteiger partial charge in [-0.25, -0.2) is 0 Å². The zero-order valence-electron chi connectivity index (χ0n) is 16.5. The van der Waals surface area contributed by atoms with Crippen LogP contribution >= 0.6 is 11.8 Å². The Labute approximate surface area is 177 Å². The summed E-state index contributed by atoms with van der Waals surface area (Å²) >= 11 is 1.41. The second-order valence-electron chi connectivity index (χ2n) is 7.41. The van der Waals surface area contributed by atoms with Gasteiger partial charge in [0.25, 0.3) is 0 Å². The van der Waals surface area contributed by atoms with Crippen LogP contribution in [0.4, 0.5) is 0 Å². The third-order valence-corrected chi connectivity index (χ3v) is 6.04. The molecule has 1 fully saturated rings. The third-order valence-electron chi connectivity index (χ3n) is 5.10. The molecule has 0 radical (unpaired) electrons. The highest BCUT2D eigenvalue weighted by Crippen LogP contribution is 2.41. The molecule has 1 aliphatic carbocycles. The van der Waals surface area contributed by atoms with Gasteiger partial charge in [-0.15, -0.1) is 10.2 Å². The van der Waals surface area contributed by atoms with Crippen molar-refractivity contribution < 1.29 is 9.21 Å². The normalized spacial score (nSPS) is 14.7. The molecule has 3 heterocycles. The Morgan fingerprint density at radius 2 is 2.03 bits per heavy atom. The van der Waals surface area contributed by atoms with Crippen LogP contribution in [0, 0.1) is 0 Å². The van der Waals surface area contributed by atoms with Gasteiger partial charge in [0.1, 0.15) is 11.3 Å². The van der Waals surface area contributed by atoms with E-state index in [0.717, 1.165) is 46.1 Å². The second-order valence-corrected chi connectivity index (χ2v) is 8.35. The van der Waals surface area contributed by atoms with Crippen molar-refractivity contribution in [2.24, 2.45) is 0 Å². The van der Waals surface area contributed by atoms with E-state index >= 15 is 0 Å².